The minimum atomic E-state index is -0.683. The number of hydrogen-bond donors (Lipinski definition) is 1. The van der Waals surface area contributed by atoms with Gasteiger partial charge in [-0.2, -0.15) is 0 Å². The second-order valence-corrected chi connectivity index (χ2v) is 5.61. The fourth-order valence-corrected chi connectivity index (χ4v) is 2.57. The minimum Gasteiger partial charge on any atom is -0.481 e. The Bertz CT molecular complexity index is 462. The summed E-state index contributed by atoms with van der Waals surface area (Å²) in [6, 6.07) is 2.01. The van der Waals surface area contributed by atoms with Crippen LogP contribution in [0.2, 0.25) is 0 Å². The quantitative estimate of drug-likeness (QED) is 0.905. The Morgan fingerprint density at radius 2 is 2.21 bits per heavy atom. The maximum atomic E-state index is 11.1. The zero-order valence-electron chi connectivity index (χ0n) is 11.7. The summed E-state index contributed by atoms with van der Waals surface area (Å²) in [6.07, 6.45) is 2.27. The highest BCUT2D eigenvalue weighted by molar-refractivity contribution is 5.70. The lowest BCUT2D eigenvalue weighted by Gasteiger charge is -2.35. The molecule has 0 spiro atoms. The van der Waals surface area contributed by atoms with Gasteiger partial charge in [0, 0.05) is 24.8 Å². The van der Waals surface area contributed by atoms with Crippen molar-refractivity contribution in [2.45, 2.75) is 33.1 Å². The summed E-state index contributed by atoms with van der Waals surface area (Å²) in [5.74, 6) is 0.509. The van der Waals surface area contributed by atoms with Crippen LogP contribution >= 0.6 is 0 Å². The smallest absolute Gasteiger partial charge is 0.306 e. The molecule has 104 valence electrons. The van der Waals surface area contributed by atoms with E-state index >= 15 is 0 Å². The van der Waals surface area contributed by atoms with Gasteiger partial charge >= 0.3 is 5.97 Å². The van der Waals surface area contributed by atoms with Gasteiger partial charge in [0.1, 0.15) is 12.1 Å². The molecule has 5 heteroatoms. The Morgan fingerprint density at radius 1 is 1.47 bits per heavy atom. The lowest BCUT2D eigenvalue weighted by Crippen LogP contribution is -2.42. The van der Waals surface area contributed by atoms with Crippen molar-refractivity contribution in [1.82, 2.24) is 9.97 Å². The highest BCUT2D eigenvalue weighted by Gasteiger charge is 2.31. The van der Waals surface area contributed by atoms with E-state index in [1.54, 1.807) is 6.33 Å². The van der Waals surface area contributed by atoms with Gasteiger partial charge in [0.2, 0.25) is 0 Å². The summed E-state index contributed by atoms with van der Waals surface area (Å²) in [7, 11) is 0. The van der Waals surface area contributed by atoms with Gasteiger partial charge < -0.3 is 10.0 Å². The molecule has 1 aromatic heterocycles. The van der Waals surface area contributed by atoms with E-state index in [2.05, 4.69) is 28.7 Å². The molecule has 2 rings (SSSR count). The Morgan fingerprint density at radius 3 is 2.79 bits per heavy atom. The summed E-state index contributed by atoms with van der Waals surface area (Å²) in [6.45, 7) is 7.69. The number of rotatable bonds is 3. The van der Waals surface area contributed by atoms with E-state index in [4.69, 9.17) is 5.11 Å². The number of anilines is 1. The largest absolute Gasteiger partial charge is 0.481 e. The molecular weight excluding hydrogens is 242 g/mol. The number of carboxylic acid groups (broad SMARTS) is 1. The molecule has 2 atom stereocenters. The molecule has 1 N–H and O–H groups in total. The Balaban J connectivity index is 2.12. The lowest BCUT2D eigenvalue weighted by molar-refractivity contribution is -0.144. The highest BCUT2D eigenvalue weighted by atomic mass is 16.4. The molecule has 2 unspecified atom stereocenters. The van der Waals surface area contributed by atoms with Crippen molar-refractivity contribution in [3.8, 4) is 0 Å². The maximum Gasteiger partial charge on any atom is 0.306 e. The van der Waals surface area contributed by atoms with Crippen molar-refractivity contribution >= 4 is 11.8 Å². The van der Waals surface area contributed by atoms with Crippen molar-refractivity contribution in [2.75, 3.05) is 18.0 Å². The molecule has 1 saturated heterocycles. The van der Waals surface area contributed by atoms with Crippen LogP contribution in [0.25, 0.3) is 0 Å². The third-order valence-electron chi connectivity index (χ3n) is 3.81. The van der Waals surface area contributed by atoms with Crippen LogP contribution in [0, 0.1) is 11.8 Å². The summed E-state index contributed by atoms with van der Waals surface area (Å²) in [5, 5.41) is 9.14. The molecule has 0 aromatic carbocycles. The van der Waals surface area contributed by atoms with Crippen LogP contribution in [0.1, 0.15) is 38.8 Å². The van der Waals surface area contributed by atoms with Crippen LogP contribution in [0.15, 0.2) is 12.4 Å². The van der Waals surface area contributed by atoms with Gasteiger partial charge in [-0.25, -0.2) is 9.97 Å². The van der Waals surface area contributed by atoms with Crippen LogP contribution < -0.4 is 4.90 Å². The van der Waals surface area contributed by atoms with Crippen molar-refractivity contribution < 1.29 is 9.90 Å². The molecule has 0 radical (unpaired) electrons. The van der Waals surface area contributed by atoms with Crippen LogP contribution in [0.4, 0.5) is 5.82 Å². The molecule has 0 aliphatic carbocycles. The van der Waals surface area contributed by atoms with Gasteiger partial charge in [-0.15, -0.1) is 0 Å². The molecule has 1 fully saturated rings. The van der Waals surface area contributed by atoms with Crippen molar-refractivity contribution in [1.29, 1.82) is 0 Å². The number of carbonyl (C=O) groups is 1. The van der Waals surface area contributed by atoms with Gasteiger partial charge in [0.05, 0.1) is 5.92 Å². The van der Waals surface area contributed by atoms with Gasteiger partial charge in [0.15, 0.2) is 0 Å². The van der Waals surface area contributed by atoms with Gasteiger partial charge in [-0.3, -0.25) is 4.79 Å². The zero-order valence-corrected chi connectivity index (χ0v) is 11.7. The molecule has 5 nitrogen and oxygen atoms in total. The van der Waals surface area contributed by atoms with Gasteiger partial charge in [-0.05, 0) is 18.3 Å². The number of hydrogen-bond acceptors (Lipinski definition) is 4. The van der Waals surface area contributed by atoms with E-state index < -0.39 is 5.97 Å². The maximum absolute atomic E-state index is 11.1. The predicted octanol–water partition coefficient (Wildman–Crippen LogP) is 2.15. The van der Waals surface area contributed by atoms with Crippen molar-refractivity contribution in [3.63, 3.8) is 0 Å². The molecule has 0 amide bonds. The van der Waals surface area contributed by atoms with Gasteiger partial charge in [-0.1, -0.05) is 20.8 Å². The third kappa shape index (κ3) is 3.03. The van der Waals surface area contributed by atoms with Crippen LogP contribution in [0.3, 0.4) is 0 Å². The molecule has 1 aliphatic heterocycles. The average molecular weight is 263 g/mol. The summed E-state index contributed by atoms with van der Waals surface area (Å²) in [5.41, 5.74) is 1.03. The first kappa shape index (κ1) is 13.8. The molecule has 2 heterocycles. The van der Waals surface area contributed by atoms with Crippen molar-refractivity contribution in [3.05, 3.63) is 18.1 Å². The van der Waals surface area contributed by atoms with Crippen LogP contribution in [-0.2, 0) is 4.79 Å². The van der Waals surface area contributed by atoms with E-state index in [9.17, 15) is 4.79 Å². The van der Waals surface area contributed by atoms with Crippen LogP contribution in [0.5, 0.6) is 0 Å². The molecule has 1 aromatic rings. The fourth-order valence-electron chi connectivity index (χ4n) is 2.57. The normalized spacial score (nSPS) is 23.7. The van der Waals surface area contributed by atoms with Gasteiger partial charge in [0.25, 0.3) is 0 Å². The van der Waals surface area contributed by atoms with E-state index in [0.717, 1.165) is 24.6 Å². The molecule has 0 bridgehead atoms. The second kappa shape index (κ2) is 5.55. The highest BCUT2D eigenvalue weighted by Crippen LogP contribution is 2.27. The summed E-state index contributed by atoms with van der Waals surface area (Å²) >= 11 is 0. The third-order valence-corrected chi connectivity index (χ3v) is 3.81. The summed E-state index contributed by atoms with van der Waals surface area (Å²) in [4.78, 5) is 21.9. The topological polar surface area (TPSA) is 66.3 Å². The SMILES string of the molecule is CC(C)c1cc(N2CCC(C(=O)O)C(C)C2)ncn1. The van der Waals surface area contributed by atoms with E-state index in [0.29, 0.717) is 12.3 Å². The Labute approximate surface area is 113 Å². The first-order chi connectivity index (χ1) is 8.99. The molecule has 19 heavy (non-hydrogen) atoms. The summed E-state index contributed by atoms with van der Waals surface area (Å²) < 4.78 is 0. The number of aliphatic carboxylic acids is 1. The lowest BCUT2D eigenvalue weighted by atomic mass is 9.87. The number of nitrogens with zero attached hydrogens (tertiary/aromatic N) is 3. The van der Waals surface area contributed by atoms with E-state index in [1.165, 1.54) is 0 Å². The monoisotopic (exact) mass is 263 g/mol. The number of piperidine rings is 1. The van der Waals surface area contributed by atoms with Crippen LogP contribution in [-0.4, -0.2) is 34.1 Å². The second-order valence-electron chi connectivity index (χ2n) is 5.61. The minimum absolute atomic E-state index is 0.142. The average Bonchev–Trinajstić information content (AvgIpc) is 2.38. The molecule has 1 aliphatic rings. The molecule has 0 saturated carbocycles. The standard InChI is InChI=1S/C14H21N3O2/c1-9(2)12-6-13(16-8-15-12)17-5-4-11(14(18)19)10(3)7-17/h6,8-11H,4-5,7H2,1-3H3,(H,18,19). The Kier molecular flexibility index (Phi) is 4.02. The van der Waals surface area contributed by atoms with E-state index in [1.807, 2.05) is 13.0 Å². The Hall–Kier alpha value is -1.65. The first-order valence-electron chi connectivity index (χ1n) is 6.78. The predicted molar refractivity (Wildman–Crippen MR) is 73.2 cm³/mol. The molecular formula is C14H21N3O2. The van der Waals surface area contributed by atoms with Crippen molar-refractivity contribution in [2.24, 2.45) is 11.8 Å². The first-order valence-corrected chi connectivity index (χ1v) is 6.78. The number of carboxylic acids is 1. The number of aromatic nitrogens is 2. The van der Waals surface area contributed by atoms with E-state index in [-0.39, 0.29) is 11.8 Å². The fraction of sp³-hybridized carbons (Fsp3) is 0.643. The zero-order chi connectivity index (χ0) is 14.0.